The molecule has 0 aromatic heterocycles. The first-order valence-electron chi connectivity index (χ1n) is 8.68. The molecule has 1 atom stereocenters. The average molecular weight is 366 g/mol. The molecule has 4 nitrogen and oxygen atoms in total. The zero-order valence-electron chi connectivity index (χ0n) is 15.1. The van der Waals surface area contributed by atoms with Crippen LogP contribution in [0.15, 0.2) is 52.3 Å². The molecule has 0 saturated carbocycles. The van der Waals surface area contributed by atoms with Crippen molar-refractivity contribution in [1.82, 2.24) is 5.32 Å². The Balaban J connectivity index is 1.83. The van der Waals surface area contributed by atoms with E-state index >= 15 is 0 Å². The molecule has 26 heavy (non-hydrogen) atoms. The summed E-state index contributed by atoms with van der Waals surface area (Å²) < 4.78 is 0. The third kappa shape index (κ3) is 4.17. The van der Waals surface area contributed by atoms with Gasteiger partial charge in [-0.25, -0.2) is 0 Å². The minimum Gasteiger partial charge on any atom is -0.350 e. The number of fused-ring (bicyclic) bond motifs is 1. The molecule has 0 spiro atoms. The third-order valence-electron chi connectivity index (χ3n) is 4.26. The number of nitrogens with one attached hydrogen (secondary N) is 2. The number of aryl methyl sites for hydroxylation is 1. The molecule has 0 fully saturated rings. The van der Waals surface area contributed by atoms with Gasteiger partial charge in [0.2, 0.25) is 0 Å². The van der Waals surface area contributed by atoms with Gasteiger partial charge in [-0.2, -0.15) is 0 Å². The molecule has 2 aromatic rings. The second-order valence-electron chi connectivity index (χ2n) is 6.47. The van der Waals surface area contributed by atoms with Gasteiger partial charge in [0.15, 0.2) is 0 Å². The summed E-state index contributed by atoms with van der Waals surface area (Å²) >= 11 is 1.42. The van der Waals surface area contributed by atoms with Crippen molar-refractivity contribution in [3.8, 4) is 0 Å². The molecular formula is C21H22N2O2S. The highest BCUT2D eigenvalue weighted by atomic mass is 32.2. The molecule has 3 rings (SSSR count). The molecule has 2 aromatic carbocycles. The molecule has 1 unspecified atom stereocenters. The van der Waals surface area contributed by atoms with E-state index in [1.165, 1.54) is 11.8 Å². The molecule has 1 heterocycles. The lowest BCUT2D eigenvalue weighted by atomic mass is 10.1. The Morgan fingerprint density at radius 3 is 2.81 bits per heavy atom. The van der Waals surface area contributed by atoms with Crippen LogP contribution in [0.5, 0.6) is 0 Å². The van der Waals surface area contributed by atoms with Crippen LogP contribution in [-0.4, -0.2) is 17.9 Å². The van der Waals surface area contributed by atoms with Gasteiger partial charge in [0.1, 0.15) is 0 Å². The van der Waals surface area contributed by atoms with Gasteiger partial charge >= 0.3 is 0 Å². The Morgan fingerprint density at radius 1 is 1.27 bits per heavy atom. The largest absolute Gasteiger partial charge is 0.350 e. The topological polar surface area (TPSA) is 58.2 Å². The fourth-order valence-corrected chi connectivity index (χ4v) is 3.55. The zero-order chi connectivity index (χ0) is 18.7. The maximum Gasteiger partial charge on any atom is 0.262 e. The minimum absolute atomic E-state index is 0.117. The van der Waals surface area contributed by atoms with E-state index in [0.29, 0.717) is 16.2 Å². The molecule has 0 bridgehead atoms. The van der Waals surface area contributed by atoms with Gasteiger partial charge in [-0.05, 0) is 50.1 Å². The van der Waals surface area contributed by atoms with Crippen LogP contribution in [0, 0.1) is 6.92 Å². The van der Waals surface area contributed by atoms with E-state index in [4.69, 9.17) is 0 Å². The number of carbonyl (C=O) groups is 2. The minimum atomic E-state index is -0.150. The first-order chi connectivity index (χ1) is 12.5. The number of thioether (sulfide) groups is 1. The molecule has 0 saturated heterocycles. The van der Waals surface area contributed by atoms with E-state index in [9.17, 15) is 9.59 Å². The maximum absolute atomic E-state index is 12.5. The SMILES string of the molecule is CCC(C)NC(=O)c1ccc2c(c1)NC(=O)/C(=C\c1cccc(C)c1)S2. The van der Waals surface area contributed by atoms with E-state index in [-0.39, 0.29) is 17.9 Å². The van der Waals surface area contributed by atoms with Crippen LogP contribution in [0.4, 0.5) is 5.69 Å². The summed E-state index contributed by atoms with van der Waals surface area (Å²) in [6.07, 6.45) is 2.76. The van der Waals surface area contributed by atoms with E-state index in [1.54, 1.807) is 12.1 Å². The average Bonchev–Trinajstić information content (AvgIpc) is 2.61. The summed E-state index contributed by atoms with van der Waals surface area (Å²) in [5.74, 6) is -0.272. The van der Waals surface area contributed by atoms with Crippen LogP contribution < -0.4 is 10.6 Å². The van der Waals surface area contributed by atoms with Crippen molar-refractivity contribution in [2.75, 3.05) is 5.32 Å². The number of hydrogen-bond acceptors (Lipinski definition) is 3. The van der Waals surface area contributed by atoms with Crippen molar-refractivity contribution in [2.45, 2.75) is 38.1 Å². The van der Waals surface area contributed by atoms with Gasteiger partial charge in [-0.1, -0.05) is 48.5 Å². The Morgan fingerprint density at radius 2 is 2.08 bits per heavy atom. The van der Waals surface area contributed by atoms with Crippen LogP contribution in [0.25, 0.3) is 6.08 Å². The predicted molar refractivity (Wildman–Crippen MR) is 107 cm³/mol. The van der Waals surface area contributed by atoms with Crippen molar-refractivity contribution in [3.63, 3.8) is 0 Å². The molecule has 5 heteroatoms. The predicted octanol–water partition coefficient (Wildman–Crippen LogP) is 4.61. The molecule has 1 aliphatic heterocycles. The lowest BCUT2D eigenvalue weighted by Crippen LogP contribution is -2.32. The molecular weight excluding hydrogens is 344 g/mol. The standard InChI is InChI=1S/C21H22N2O2S/c1-4-14(3)22-20(24)16-8-9-18-17(12-16)23-21(25)19(26-18)11-15-7-5-6-13(2)10-15/h5-12,14H,4H2,1-3H3,(H,22,24)(H,23,25)/b19-11+. The van der Waals surface area contributed by atoms with Crippen LogP contribution in [0.2, 0.25) is 0 Å². The quantitative estimate of drug-likeness (QED) is 0.777. The smallest absolute Gasteiger partial charge is 0.262 e. The van der Waals surface area contributed by atoms with Gasteiger partial charge in [-0.15, -0.1) is 0 Å². The Labute approximate surface area is 158 Å². The molecule has 2 amide bonds. The van der Waals surface area contributed by atoms with Crippen molar-refractivity contribution in [3.05, 3.63) is 64.1 Å². The van der Waals surface area contributed by atoms with Crippen molar-refractivity contribution in [1.29, 1.82) is 0 Å². The van der Waals surface area contributed by atoms with Crippen molar-refractivity contribution in [2.24, 2.45) is 0 Å². The number of rotatable bonds is 4. The molecule has 2 N–H and O–H groups in total. The number of anilines is 1. The highest BCUT2D eigenvalue weighted by molar-refractivity contribution is 8.04. The van der Waals surface area contributed by atoms with Gasteiger partial charge in [-0.3, -0.25) is 9.59 Å². The summed E-state index contributed by atoms with van der Waals surface area (Å²) in [5, 5.41) is 5.84. The summed E-state index contributed by atoms with van der Waals surface area (Å²) in [6, 6.07) is 13.6. The lowest BCUT2D eigenvalue weighted by molar-refractivity contribution is -0.112. The van der Waals surface area contributed by atoms with Gasteiger partial charge in [0, 0.05) is 16.5 Å². The maximum atomic E-state index is 12.5. The number of amides is 2. The van der Waals surface area contributed by atoms with E-state index < -0.39 is 0 Å². The molecule has 1 aliphatic rings. The lowest BCUT2D eigenvalue weighted by Gasteiger charge is -2.20. The first-order valence-corrected chi connectivity index (χ1v) is 9.50. The van der Waals surface area contributed by atoms with Crippen LogP contribution in [0.3, 0.4) is 0 Å². The van der Waals surface area contributed by atoms with E-state index in [0.717, 1.165) is 22.4 Å². The summed E-state index contributed by atoms with van der Waals surface area (Å²) in [4.78, 5) is 26.3. The number of hydrogen-bond donors (Lipinski definition) is 2. The Kier molecular flexibility index (Phi) is 5.47. The zero-order valence-corrected chi connectivity index (χ0v) is 15.9. The van der Waals surface area contributed by atoms with E-state index in [1.807, 2.05) is 57.2 Å². The van der Waals surface area contributed by atoms with Gasteiger partial charge in [0.05, 0.1) is 10.6 Å². The molecule has 134 valence electrons. The van der Waals surface area contributed by atoms with Crippen LogP contribution in [-0.2, 0) is 4.79 Å². The summed E-state index contributed by atoms with van der Waals surface area (Å²) in [5.41, 5.74) is 3.38. The first kappa shape index (κ1) is 18.3. The molecule has 0 aliphatic carbocycles. The second-order valence-corrected chi connectivity index (χ2v) is 7.56. The highest BCUT2D eigenvalue weighted by Crippen LogP contribution is 2.39. The van der Waals surface area contributed by atoms with Gasteiger partial charge < -0.3 is 10.6 Å². The fourth-order valence-electron chi connectivity index (χ4n) is 2.62. The monoisotopic (exact) mass is 366 g/mol. The van der Waals surface area contributed by atoms with Gasteiger partial charge in [0.25, 0.3) is 11.8 Å². The normalized spacial score (nSPS) is 16.0. The fraction of sp³-hybridized carbons (Fsp3) is 0.238. The Bertz CT molecular complexity index is 889. The number of carbonyl (C=O) groups excluding carboxylic acids is 2. The van der Waals surface area contributed by atoms with Crippen molar-refractivity contribution >= 4 is 35.3 Å². The van der Waals surface area contributed by atoms with Crippen molar-refractivity contribution < 1.29 is 9.59 Å². The van der Waals surface area contributed by atoms with E-state index in [2.05, 4.69) is 10.6 Å². The summed E-state index contributed by atoms with van der Waals surface area (Å²) in [6.45, 7) is 6.02. The Hall–Kier alpha value is -2.53. The van der Waals surface area contributed by atoms with Crippen LogP contribution >= 0.6 is 11.8 Å². The molecule has 0 radical (unpaired) electrons. The second kappa shape index (κ2) is 7.79. The number of benzene rings is 2. The highest BCUT2D eigenvalue weighted by Gasteiger charge is 2.22. The summed E-state index contributed by atoms with van der Waals surface area (Å²) in [7, 11) is 0. The third-order valence-corrected chi connectivity index (χ3v) is 5.36. The van der Waals surface area contributed by atoms with Crippen LogP contribution in [0.1, 0.15) is 41.8 Å².